The summed E-state index contributed by atoms with van der Waals surface area (Å²) in [6.07, 6.45) is 1.62. The lowest BCUT2D eigenvalue weighted by molar-refractivity contribution is -0.0880. The SMILES string of the molecule is CCC(OCCOc1ccccc1-c1ccccc1)Oc1ccc(C(C)CC)cc1. The van der Waals surface area contributed by atoms with Crippen molar-refractivity contribution in [1.29, 1.82) is 0 Å². The third-order valence-electron chi connectivity index (χ3n) is 5.28. The zero-order valence-electron chi connectivity index (χ0n) is 18.2. The van der Waals surface area contributed by atoms with Gasteiger partial charge in [0.25, 0.3) is 0 Å². The maximum absolute atomic E-state index is 6.01. The van der Waals surface area contributed by atoms with Crippen molar-refractivity contribution in [3.63, 3.8) is 0 Å². The summed E-state index contributed by atoms with van der Waals surface area (Å²) in [5, 5.41) is 0. The Morgan fingerprint density at radius 3 is 2.13 bits per heavy atom. The number of rotatable bonds is 11. The summed E-state index contributed by atoms with van der Waals surface area (Å²) in [7, 11) is 0. The maximum atomic E-state index is 6.01. The molecule has 0 saturated heterocycles. The molecule has 2 unspecified atom stereocenters. The summed E-state index contributed by atoms with van der Waals surface area (Å²) in [5.74, 6) is 2.26. The first-order valence-electron chi connectivity index (χ1n) is 10.9. The van der Waals surface area contributed by atoms with Crippen molar-refractivity contribution in [3.8, 4) is 22.6 Å². The van der Waals surface area contributed by atoms with Crippen LogP contribution in [0.1, 0.15) is 45.1 Å². The Bertz CT molecular complexity index is 874. The molecular formula is C27H32O3. The first-order valence-corrected chi connectivity index (χ1v) is 10.9. The number of para-hydroxylation sites is 1. The Kier molecular flexibility index (Phi) is 8.34. The average molecular weight is 405 g/mol. The summed E-state index contributed by atoms with van der Waals surface area (Å²) in [5.41, 5.74) is 3.57. The van der Waals surface area contributed by atoms with E-state index in [0.717, 1.165) is 35.5 Å². The maximum Gasteiger partial charge on any atom is 0.199 e. The molecule has 0 N–H and O–H groups in total. The van der Waals surface area contributed by atoms with E-state index in [2.05, 4.69) is 51.1 Å². The van der Waals surface area contributed by atoms with Crippen molar-refractivity contribution >= 4 is 0 Å². The van der Waals surface area contributed by atoms with Gasteiger partial charge in [-0.15, -0.1) is 0 Å². The Hall–Kier alpha value is -2.78. The molecular weight excluding hydrogens is 372 g/mol. The van der Waals surface area contributed by atoms with Gasteiger partial charge in [0.2, 0.25) is 0 Å². The largest absolute Gasteiger partial charge is 0.491 e. The molecule has 0 radical (unpaired) electrons. The van der Waals surface area contributed by atoms with Gasteiger partial charge in [-0.05, 0) is 41.7 Å². The Balaban J connectivity index is 1.50. The van der Waals surface area contributed by atoms with Gasteiger partial charge in [-0.1, -0.05) is 81.4 Å². The molecule has 3 rings (SSSR count). The second kappa shape index (κ2) is 11.4. The van der Waals surface area contributed by atoms with E-state index >= 15 is 0 Å². The molecule has 3 aromatic carbocycles. The molecule has 2 atom stereocenters. The molecule has 3 nitrogen and oxygen atoms in total. The molecule has 0 aliphatic heterocycles. The lowest BCUT2D eigenvalue weighted by Gasteiger charge is -2.19. The van der Waals surface area contributed by atoms with E-state index in [0.29, 0.717) is 19.1 Å². The topological polar surface area (TPSA) is 27.7 Å². The van der Waals surface area contributed by atoms with Gasteiger partial charge < -0.3 is 14.2 Å². The summed E-state index contributed by atoms with van der Waals surface area (Å²) < 4.78 is 17.9. The van der Waals surface area contributed by atoms with Gasteiger partial charge in [0.15, 0.2) is 6.29 Å². The molecule has 0 amide bonds. The van der Waals surface area contributed by atoms with Crippen LogP contribution >= 0.6 is 0 Å². The van der Waals surface area contributed by atoms with Gasteiger partial charge in [-0.25, -0.2) is 0 Å². The Morgan fingerprint density at radius 2 is 1.43 bits per heavy atom. The highest BCUT2D eigenvalue weighted by Crippen LogP contribution is 2.29. The van der Waals surface area contributed by atoms with E-state index in [1.54, 1.807) is 0 Å². The standard InChI is InChI=1S/C27H32O3/c1-4-21(3)22-15-17-24(18-16-22)30-27(5-2)29-20-19-28-26-14-10-9-13-25(26)23-11-7-6-8-12-23/h6-18,21,27H,4-5,19-20H2,1-3H3. The molecule has 0 aromatic heterocycles. The van der Waals surface area contributed by atoms with Gasteiger partial charge >= 0.3 is 0 Å². The fraction of sp³-hybridized carbons (Fsp3) is 0.333. The molecule has 158 valence electrons. The van der Waals surface area contributed by atoms with Crippen molar-refractivity contribution in [3.05, 3.63) is 84.4 Å². The fourth-order valence-corrected chi connectivity index (χ4v) is 3.28. The van der Waals surface area contributed by atoms with Crippen LogP contribution in [0, 0.1) is 0 Å². The molecule has 30 heavy (non-hydrogen) atoms. The lowest BCUT2D eigenvalue weighted by Crippen LogP contribution is -2.22. The van der Waals surface area contributed by atoms with E-state index in [1.807, 2.05) is 48.5 Å². The summed E-state index contributed by atoms with van der Waals surface area (Å²) in [6, 6.07) is 26.7. The van der Waals surface area contributed by atoms with E-state index in [-0.39, 0.29) is 6.29 Å². The van der Waals surface area contributed by atoms with Crippen molar-refractivity contribution in [1.82, 2.24) is 0 Å². The first-order chi connectivity index (χ1) is 14.7. The fourth-order valence-electron chi connectivity index (χ4n) is 3.28. The number of benzene rings is 3. The second-order valence-corrected chi connectivity index (χ2v) is 7.42. The minimum Gasteiger partial charge on any atom is -0.491 e. The molecule has 0 spiro atoms. The van der Waals surface area contributed by atoms with Crippen LogP contribution in [0.15, 0.2) is 78.9 Å². The van der Waals surface area contributed by atoms with Crippen molar-refractivity contribution in [2.45, 2.75) is 45.8 Å². The zero-order chi connectivity index (χ0) is 21.2. The van der Waals surface area contributed by atoms with Crippen LogP contribution in [0.2, 0.25) is 0 Å². The number of ether oxygens (including phenoxy) is 3. The molecule has 0 aliphatic carbocycles. The minimum atomic E-state index is -0.285. The zero-order valence-corrected chi connectivity index (χ0v) is 18.2. The Labute approximate surface area is 180 Å². The van der Waals surface area contributed by atoms with Crippen LogP contribution in [-0.2, 0) is 4.74 Å². The van der Waals surface area contributed by atoms with Gasteiger partial charge in [0.1, 0.15) is 18.1 Å². The summed E-state index contributed by atoms with van der Waals surface area (Å²) in [6.45, 7) is 7.44. The van der Waals surface area contributed by atoms with Gasteiger partial charge in [0, 0.05) is 12.0 Å². The van der Waals surface area contributed by atoms with Crippen LogP contribution < -0.4 is 9.47 Å². The highest BCUT2D eigenvalue weighted by atomic mass is 16.7. The smallest absolute Gasteiger partial charge is 0.199 e. The quantitative estimate of drug-likeness (QED) is 0.252. The molecule has 0 fully saturated rings. The molecule has 0 aliphatic rings. The Morgan fingerprint density at radius 1 is 0.733 bits per heavy atom. The van der Waals surface area contributed by atoms with Crippen LogP contribution in [0.3, 0.4) is 0 Å². The van der Waals surface area contributed by atoms with Crippen LogP contribution in [0.25, 0.3) is 11.1 Å². The normalized spacial score (nSPS) is 12.9. The first kappa shape index (κ1) is 21.9. The minimum absolute atomic E-state index is 0.285. The van der Waals surface area contributed by atoms with E-state index < -0.39 is 0 Å². The van der Waals surface area contributed by atoms with E-state index in [9.17, 15) is 0 Å². The van der Waals surface area contributed by atoms with Crippen LogP contribution in [-0.4, -0.2) is 19.5 Å². The lowest BCUT2D eigenvalue weighted by atomic mass is 9.99. The molecule has 0 bridgehead atoms. The summed E-state index contributed by atoms with van der Waals surface area (Å²) in [4.78, 5) is 0. The van der Waals surface area contributed by atoms with Crippen molar-refractivity contribution < 1.29 is 14.2 Å². The highest BCUT2D eigenvalue weighted by Gasteiger charge is 2.10. The van der Waals surface area contributed by atoms with Crippen LogP contribution in [0.5, 0.6) is 11.5 Å². The van der Waals surface area contributed by atoms with Crippen LogP contribution in [0.4, 0.5) is 0 Å². The predicted molar refractivity (Wildman–Crippen MR) is 123 cm³/mol. The predicted octanol–water partition coefficient (Wildman–Crippen LogP) is 7.08. The monoisotopic (exact) mass is 404 g/mol. The number of hydrogen-bond donors (Lipinski definition) is 0. The molecule has 0 saturated carbocycles. The third-order valence-corrected chi connectivity index (χ3v) is 5.28. The third kappa shape index (κ3) is 6.11. The van der Waals surface area contributed by atoms with Crippen molar-refractivity contribution in [2.75, 3.05) is 13.2 Å². The van der Waals surface area contributed by atoms with Gasteiger partial charge in [0.05, 0.1) is 6.61 Å². The molecule has 3 aromatic rings. The molecule has 0 heterocycles. The molecule has 3 heteroatoms. The average Bonchev–Trinajstić information content (AvgIpc) is 2.81. The van der Waals surface area contributed by atoms with E-state index in [4.69, 9.17) is 14.2 Å². The second-order valence-electron chi connectivity index (χ2n) is 7.42. The van der Waals surface area contributed by atoms with Crippen molar-refractivity contribution in [2.24, 2.45) is 0 Å². The highest BCUT2D eigenvalue weighted by molar-refractivity contribution is 5.70. The van der Waals surface area contributed by atoms with E-state index in [1.165, 1.54) is 5.56 Å². The number of hydrogen-bond acceptors (Lipinski definition) is 3. The van der Waals surface area contributed by atoms with Gasteiger partial charge in [-0.2, -0.15) is 0 Å². The van der Waals surface area contributed by atoms with Gasteiger partial charge in [-0.3, -0.25) is 0 Å². The summed E-state index contributed by atoms with van der Waals surface area (Å²) >= 11 is 0.